The molecule has 5 nitrogen and oxygen atoms in total. The Balaban J connectivity index is 2.34. The topological polar surface area (TPSA) is 61.4 Å². The van der Waals surface area contributed by atoms with Gasteiger partial charge in [0.05, 0.1) is 5.69 Å². The van der Waals surface area contributed by atoms with Crippen LogP contribution in [-0.4, -0.2) is 28.6 Å². The minimum atomic E-state index is -3.42. The fourth-order valence-electron chi connectivity index (χ4n) is 2.42. The van der Waals surface area contributed by atoms with E-state index in [2.05, 4.69) is 17.0 Å². The first-order valence-electron chi connectivity index (χ1n) is 6.63. The second-order valence-corrected chi connectivity index (χ2v) is 6.43. The van der Waals surface area contributed by atoms with Gasteiger partial charge in [0.15, 0.2) is 0 Å². The highest BCUT2D eigenvalue weighted by Crippen LogP contribution is 2.34. The molecule has 6 heteroatoms. The van der Waals surface area contributed by atoms with Crippen LogP contribution in [0, 0.1) is 0 Å². The van der Waals surface area contributed by atoms with Crippen LogP contribution in [0.4, 0.5) is 5.69 Å². The summed E-state index contributed by atoms with van der Waals surface area (Å²) >= 11 is 0. The van der Waals surface area contributed by atoms with Crippen molar-refractivity contribution in [2.45, 2.75) is 25.8 Å². The Hall–Kier alpha value is -1.11. The van der Waals surface area contributed by atoms with E-state index in [0.29, 0.717) is 6.54 Å². The molecule has 0 saturated heterocycles. The first kappa shape index (κ1) is 14.3. The van der Waals surface area contributed by atoms with Crippen LogP contribution < -0.4 is 14.3 Å². The van der Waals surface area contributed by atoms with Crippen molar-refractivity contribution in [1.29, 1.82) is 0 Å². The highest BCUT2D eigenvalue weighted by atomic mass is 32.2. The molecule has 1 atom stereocenters. The Morgan fingerprint density at radius 1 is 1.37 bits per heavy atom. The molecule has 1 aliphatic heterocycles. The lowest BCUT2D eigenvalue weighted by Gasteiger charge is -2.34. The van der Waals surface area contributed by atoms with Crippen molar-refractivity contribution in [3.63, 3.8) is 0 Å². The number of anilines is 1. The van der Waals surface area contributed by atoms with Crippen molar-refractivity contribution in [3.05, 3.63) is 29.8 Å². The number of para-hydroxylation sites is 1. The van der Waals surface area contributed by atoms with Gasteiger partial charge >= 0.3 is 10.2 Å². The molecule has 1 aromatic carbocycles. The van der Waals surface area contributed by atoms with Gasteiger partial charge in [-0.2, -0.15) is 8.42 Å². The van der Waals surface area contributed by atoms with Crippen LogP contribution in [-0.2, 0) is 10.2 Å². The monoisotopic (exact) mass is 283 g/mol. The van der Waals surface area contributed by atoms with Gasteiger partial charge in [0, 0.05) is 19.6 Å². The van der Waals surface area contributed by atoms with E-state index in [9.17, 15) is 8.42 Å². The summed E-state index contributed by atoms with van der Waals surface area (Å²) in [6.45, 7) is 3.57. The second kappa shape index (κ2) is 5.90. The number of nitrogens with one attached hydrogen (secondary N) is 2. The van der Waals surface area contributed by atoms with Gasteiger partial charge in [0.25, 0.3) is 0 Å². The molecule has 0 spiro atoms. The summed E-state index contributed by atoms with van der Waals surface area (Å²) in [6, 6.07) is 7.93. The molecule has 2 N–H and O–H groups in total. The molecule has 0 aliphatic carbocycles. The maximum Gasteiger partial charge on any atom is 0.301 e. The van der Waals surface area contributed by atoms with Crippen molar-refractivity contribution < 1.29 is 8.42 Å². The normalized spacial score (nSPS) is 19.3. The third kappa shape index (κ3) is 2.91. The number of hydrogen-bond donors (Lipinski definition) is 2. The van der Waals surface area contributed by atoms with Crippen molar-refractivity contribution in [2.24, 2.45) is 0 Å². The van der Waals surface area contributed by atoms with E-state index in [-0.39, 0.29) is 6.04 Å². The van der Waals surface area contributed by atoms with E-state index < -0.39 is 10.2 Å². The average molecular weight is 283 g/mol. The molecule has 0 aromatic heterocycles. The molecule has 1 aromatic rings. The fourth-order valence-corrected chi connectivity index (χ4v) is 3.41. The minimum Gasteiger partial charge on any atom is -0.310 e. The molecule has 0 fully saturated rings. The van der Waals surface area contributed by atoms with E-state index in [4.69, 9.17) is 0 Å². The summed E-state index contributed by atoms with van der Waals surface area (Å²) in [4.78, 5) is 0. The van der Waals surface area contributed by atoms with Gasteiger partial charge in [-0.1, -0.05) is 25.1 Å². The first-order valence-corrected chi connectivity index (χ1v) is 8.07. The number of benzene rings is 1. The van der Waals surface area contributed by atoms with Crippen LogP contribution in [0.15, 0.2) is 24.3 Å². The van der Waals surface area contributed by atoms with Gasteiger partial charge in [-0.3, -0.25) is 4.31 Å². The molecule has 0 saturated carbocycles. The standard InChI is InChI=1S/C13H21N3O2S/c1-3-9-15-12-8-10-16(19(17,18)14-2)13-7-5-4-6-11(12)13/h4-7,12,14-15H,3,8-10H2,1-2H3. The molecule has 0 radical (unpaired) electrons. The summed E-state index contributed by atoms with van der Waals surface area (Å²) in [5.41, 5.74) is 1.83. The molecule has 0 amide bonds. The Morgan fingerprint density at radius 2 is 2.11 bits per heavy atom. The highest BCUT2D eigenvalue weighted by molar-refractivity contribution is 7.90. The zero-order chi connectivity index (χ0) is 13.9. The lowest BCUT2D eigenvalue weighted by Crippen LogP contribution is -2.44. The van der Waals surface area contributed by atoms with Gasteiger partial charge in [-0.05, 0) is 31.0 Å². The molecule has 1 aliphatic rings. The maximum absolute atomic E-state index is 12.0. The largest absolute Gasteiger partial charge is 0.310 e. The molecule has 0 bridgehead atoms. The quantitative estimate of drug-likeness (QED) is 0.858. The zero-order valence-corrected chi connectivity index (χ0v) is 12.2. The fraction of sp³-hybridized carbons (Fsp3) is 0.538. The molecule has 1 heterocycles. The lowest BCUT2D eigenvalue weighted by molar-refractivity contribution is 0.487. The van der Waals surface area contributed by atoms with E-state index in [0.717, 1.165) is 30.6 Å². The molecule has 2 rings (SSSR count). The van der Waals surface area contributed by atoms with E-state index >= 15 is 0 Å². The Kier molecular flexibility index (Phi) is 4.44. The van der Waals surface area contributed by atoms with Crippen LogP contribution in [0.3, 0.4) is 0 Å². The lowest BCUT2D eigenvalue weighted by atomic mass is 9.98. The van der Waals surface area contributed by atoms with Gasteiger partial charge in [-0.25, -0.2) is 4.72 Å². The Morgan fingerprint density at radius 3 is 2.79 bits per heavy atom. The number of fused-ring (bicyclic) bond motifs is 1. The van der Waals surface area contributed by atoms with Crippen molar-refractivity contribution in [1.82, 2.24) is 10.0 Å². The Bertz CT molecular complexity index is 530. The van der Waals surface area contributed by atoms with Gasteiger partial charge < -0.3 is 5.32 Å². The third-order valence-corrected chi connectivity index (χ3v) is 4.87. The van der Waals surface area contributed by atoms with E-state index in [1.165, 1.54) is 11.4 Å². The predicted molar refractivity (Wildman–Crippen MR) is 77.4 cm³/mol. The highest BCUT2D eigenvalue weighted by Gasteiger charge is 2.30. The number of rotatable bonds is 5. The first-order chi connectivity index (χ1) is 9.10. The van der Waals surface area contributed by atoms with Crippen LogP contribution in [0.25, 0.3) is 0 Å². The molecular weight excluding hydrogens is 262 g/mol. The maximum atomic E-state index is 12.0. The smallest absolute Gasteiger partial charge is 0.301 e. The number of nitrogens with zero attached hydrogens (tertiary/aromatic N) is 1. The molecule has 1 unspecified atom stereocenters. The van der Waals surface area contributed by atoms with Crippen LogP contribution >= 0.6 is 0 Å². The molecule has 106 valence electrons. The SMILES string of the molecule is CCCNC1CCN(S(=O)(=O)NC)c2ccccc21. The van der Waals surface area contributed by atoms with E-state index in [1.54, 1.807) is 0 Å². The average Bonchev–Trinajstić information content (AvgIpc) is 2.44. The summed E-state index contributed by atoms with van der Waals surface area (Å²) in [6.07, 6.45) is 1.86. The number of hydrogen-bond acceptors (Lipinski definition) is 3. The molecular formula is C13H21N3O2S. The summed E-state index contributed by atoms with van der Waals surface area (Å²) in [5.74, 6) is 0. The summed E-state index contributed by atoms with van der Waals surface area (Å²) in [5, 5.41) is 3.48. The zero-order valence-electron chi connectivity index (χ0n) is 11.4. The van der Waals surface area contributed by atoms with E-state index in [1.807, 2.05) is 24.3 Å². The van der Waals surface area contributed by atoms with Crippen molar-refractivity contribution >= 4 is 15.9 Å². The van der Waals surface area contributed by atoms with Gasteiger partial charge in [0.1, 0.15) is 0 Å². The minimum absolute atomic E-state index is 0.236. The van der Waals surface area contributed by atoms with Crippen LogP contribution in [0.2, 0.25) is 0 Å². The van der Waals surface area contributed by atoms with Crippen LogP contribution in [0.1, 0.15) is 31.4 Å². The third-order valence-electron chi connectivity index (χ3n) is 3.39. The predicted octanol–water partition coefficient (Wildman–Crippen LogP) is 1.40. The van der Waals surface area contributed by atoms with Crippen molar-refractivity contribution in [3.8, 4) is 0 Å². The van der Waals surface area contributed by atoms with Crippen LogP contribution in [0.5, 0.6) is 0 Å². The van der Waals surface area contributed by atoms with Gasteiger partial charge in [-0.15, -0.1) is 0 Å². The summed E-state index contributed by atoms with van der Waals surface area (Å²) < 4.78 is 27.9. The Labute approximate surface area is 115 Å². The second-order valence-electron chi connectivity index (χ2n) is 4.64. The van der Waals surface area contributed by atoms with Crippen molar-refractivity contribution in [2.75, 3.05) is 24.4 Å². The molecule has 19 heavy (non-hydrogen) atoms. The van der Waals surface area contributed by atoms with Gasteiger partial charge in [0.2, 0.25) is 0 Å². The summed E-state index contributed by atoms with van der Waals surface area (Å²) in [7, 11) is -1.98.